The van der Waals surface area contributed by atoms with Gasteiger partial charge in [-0.25, -0.2) is 0 Å². The molecule has 0 bridgehead atoms. The number of rotatable bonds is 3. The molecule has 1 saturated heterocycles. The molecule has 3 unspecified atom stereocenters. The van der Waals surface area contributed by atoms with E-state index in [2.05, 4.69) is 25.7 Å². The standard InChI is InChI=1S/C11H24N2/c1-4-11(12)8-13-6-5-9(2)7-10(13)3/h9-11H,4-8,12H2,1-3H3. The zero-order valence-electron chi connectivity index (χ0n) is 9.29. The van der Waals surface area contributed by atoms with E-state index >= 15 is 0 Å². The molecule has 13 heavy (non-hydrogen) atoms. The Balaban J connectivity index is 2.33. The summed E-state index contributed by atoms with van der Waals surface area (Å²) in [5.41, 5.74) is 5.96. The Labute approximate surface area is 82.5 Å². The smallest absolute Gasteiger partial charge is 0.0165 e. The fraction of sp³-hybridized carbons (Fsp3) is 1.00. The van der Waals surface area contributed by atoms with Crippen LogP contribution in [0.25, 0.3) is 0 Å². The van der Waals surface area contributed by atoms with Crippen molar-refractivity contribution >= 4 is 0 Å². The molecule has 2 heteroatoms. The van der Waals surface area contributed by atoms with Crippen molar-refractivity contribution in [3.8, 4) is 0 Å². The normalized spacial score (nSPS) is 33.2. The van der Waals surface area contributed by atoms with Crippen molar-refractivity contribution in [1.82, 2.24) is 4.90 Å². The van der Waals surface area contributed by atoms with Gasteiger partial charge in [-0.3, -0.25) is 4.90 Å². The quantitative estimate of drug-likeness (QED) is 0.725. The van der Waals surface area contributed by atoms with Crippen molar-refractivity contribution in [2.75, 3.05) is 13.1 Å². The Kier molecular flexibility index (Phi) is 4.20. The third-order valence-corrected chi connectivity index (χ3v) is 3.27. The molecule has 0 saturated carbocycles. The summed E-state index contributed by atoms with van der Waals surface area (Å²) >= 11 is 0. The lowest BCUT2D eigenvalue weighted by atomic mass is 9.93. The highest BCUT2D eigenvalue weighted by Gasteiger charge is 2.23. The Bertz CT molecular complexity index is 147. The third kappa shape index (κ3) is 3.28. The summed E-state index contributed by atoms with van der Waals surface area (Å²) in [6, 6.07) is 1.11. The SMILES string of the molecule is CCC(N)CN1CCC(C)CC1C. The van der Waals surface area contributed by atoms with E-state index in [4.69, 9.17) is 5.73 Å². The van der Waals surface area contributed by atoms with Gasteiger partial charge in [0.05, 0.1) is 0 Å². The van der Waals surface area contributed by atoms with Crippen molar-refractivity contribution in [3.63, 3.8) is 0 Å². The zero-order valence-corrected chi connectivity index (χ0v) is 9.29. The van der Waals surface area contributed by atoms with Crippen molar-refractivity contribution in [2.45, 2.75) is 52.1 Å². The molecule has 1 rings (SSSR count). The fourth-order valence-corrected chi connectivity index (χ4v) is 2.16. The van der Waals surface area contributed by atoms with E-state index in [1.165, 1.54) is 19.4 Å². The molecule has 0 aromatic heterocycles. The summed E-state index contributed by atoms with van der Waals surface area (Å²) in [6.45, 7) is 9.19. The van der Waals surface area contributed by atoms with Crippen molar-refractivity contribution in [1.29, 1.82) is 0 Å². The lowest BCUT2D eigenvalue weighted by Gasteiger charge is -2.37. The summed E-state index contributed by atoms with van der Waals surface area (Å²) in [5, 5.41) is 0. The highest BCUT2D eigenvalue weighted by Crippen LogP contribution is 2.21. The van der Waals surface area contributed by atoms with Gasteiger partial charge in [0.15, 0.2) is 0 Å². The molecular weight excluding hydrogens is 160 g/mol. The van der Waals surface area contributed by atoms with Crippen LogP contribution in [-0.2, 0) is 0 Å². The topological polar surface area (TPSA) is 29.3 Å². The maximum Gasteiger partial charge on any atom is 0.0165 e. The molecule has 0 aromatic rings. The molecule has 0 spiro atoms. The van der Waals surface area contributed by atoms with Crippen LogP contribution in [-0.4, -0.2) is 30.1 Å². The molecule has 0 aromatic carbocycles. The van der Waals surface area contributed by atoms with Gasteiger partial charge in [-0.15, -0.1) is 0 Å². The van der Waals surface area contributed by atoms with Crippen LogP contribution in [0, 0.1) is 5.92 Å². The largest absolute Gasteiger partial charge is 0.327 e. The van der Waals surface area contributed by atoms with E-state index in [0.717, 1.165) is 24.9 Å². The van der Waals surface area contributed by atoms with E-state index in [0.29, 0.717) is 6.04 Å². The van der Waals surface area contributed by atoms with Crippen LogP contribution in [0.15, 0.2) is 0 Å². The maximum atomic E-state index is 5.96. The summed E-state index contributed by atoms with van der Waals surface area (Å²) < 4.78 is 0. The molecule has 0 aliphatic carbocycles. The number of likely N-dealkylation sites (tertiary alicyclic amines) is 1. The molecule has 1 heterocycles. The molecule has 0 amide bonds. The van der Waals surface area contributed by atoms with E-state index in [1.807, 2.05) is 0 Å². The molecule has 2 nitrogen and oxygen atoms in total. The van der Waals surface area contributed by atoms with E-state index in [-0.39, 0.29) is 0 Å². The van der Waals surface area contributed by atoms with Crippen LogP contribution in [0.3, 0.4) is 0 Å². The molecular formula is C11H24N2. The van der Waals surface area contributed by atoms with Gasteiger partial charge in [-0.2, -0.15) is 0 Å². The van der Waals surface area contributed by atoms with Crippen molar-refractivity contribution in [3.05, 3.63) is 0 Å². The van der Waals surface area contributed by atoms with Gasteiger partial charge in [0.25, 0.3) is 0 Å². The Morgan fingerprint density at radius 2 is 2.15 bits per heavy atom. The van der Waals surface area contributed by atoms with Crippen LogP contribution >= 0.6 is 0 Å². The van der Waals surface area contributed by atoms with Gasteiger partial charge in [0.1, 0.15) is 0 Å². The first-order chi connectivity index (χ1) is 6.13. The van der Waals surface area contributed by atoms with Gasteiger partial charge < -0.3 is 5.73 Å². The van der Waals surface area contributed by atoms with Gasteiger partial charge in [-0.1, -0.05) is 13.8 Å². The first-order valence-corrected chi connectivity index (χ1v) is 5.63. The van der Waals surface area contributed by atoms with Gasteiger partial charge >= 0.3 is 0 Å². The number of piperidine rings is 1. The fourth-order valence-electron chi connectivity index (χ4n) is 2.16. The lowest BCUT2D eigenvalue weighted by molar-refractivity contribution is 0.121. The van der Waals surface area contributed by atoms with E-state index in [1.54, 1.807) is 0 Å². The van der Waals surface area contributed by atoms with Crippen LogP contribution in [0.1, 0.15) is 40.0 Å². The van der Waals surface area contributed by atoms with Gasteiger partial charge in [0.2, 0.25) is 0 Å². The van der Waals surface area contributed by atoms with E-state index < -0.39 is 0 Å². The minimum Gasteiger partial charge on any atom is -0.327 e. The molecule has 1 aliphatic rings. The first kappa shape index (κ1) is 11.0. The molecule has 1 fully saturated rings. The highest BCUT2D eigenvalue weighted by molar-refractivity contribution is 4.79. The summed E-state index contributed by atoms with van der Waals surface area (Å²) in [6.07, 6.45) is 3.79. The van der Waals surface area contributed by atoms with E-state index in [9.17, 15) is 0 Å². The van der Waals surface area contributed by atoms with Crippen molar-refractivity contribution < 1.29 is 0 Å². The van der Waals surface area contributed by atoms with Crippen molar-refractivity contribution in [2.24, 2.45) is 11.7 Å². The van der Waals surface area contributed by atoms with Crippen LogP contribution in [0.4, 0.5) is 0 Å². The average molecular weight is 184 g/mol. The van der Waals surface area contributed by atoms with Gasteiger partial charge in [-0.05, 0) is 38.6 Å². The zero-order chi connectivity index (χ0) is 9.84. The Morgan fingerprint density at radius 1 is 1.46 bits per heavy atom. The third-order valence-electron chi connectivity index (χ3n) is 3.27. The lowest BCUT2D eigenvalue weighted by Crippen LogP contribution is -2.46. The van der Waals surface area contributed by atoms with Crippen LogP contribution < -0.4 is 5.73 Å². The summed E-state index contributed by atoms with van der Waals surface area (Å²) in [5.74, 6) is 0.907. The molecule has 78 valence electrons. The second-order valence-electron chi connectivity index (χ2n) is 4.64. The minimum absolute atomic E-state index is 0.371. The number of hydrogen-bond donors (Lipinski definition) is 1. The van der Waals surface area contributed by atoms with Gasteiger partial charge in [0, 0.05) is 18.6 Å². The van der Waals surface area contributed by atoms with Crippen LogP contribution in [0.5, 0.6) is 0 Å². The molecule has 2 N–H and O–H groups in total. The minimum atomic E-state index is 0.371. The monoisotopic (exact) mass is 184 g/mol. The van der Waals surface area contributed by atoms with Crippen LogP contribution in [0.2, 0.25) is 0 Å². The summed E-state index contributed by atoms with van der Waals surface area (Å²) in [4.78, 5) is 2.55. The predicted octanol–water partition coefficient (Wildman–Crippen LogP) is 1.84. The molecule has 0 radical (unpaired) electrons. The number of nitrogens with zero attached hydrogens (tertiary/aromatic N) is 1. The maximum absolute atomic E-state index is 5.96. The Hall–Kier alpha value is -0.0800. The second-order valence-corrected chi connectivity index (χ2v) is 4.64. The second kappa shape index (κ2) is 4.97. The molecule has 3 atom stereocenters. The summed E-state index contributed by atoms with van der Waals surface area (Å²) in [7, 11) is 0. The number of nitrogens with two attached hydrogens (primary N) is 1. The highest BCUT2D eigenvalue weighted by atomic mass is 15.2. The first-order valence-electron chi connectivity index (χ1n) is 5.63. The number of hydrogen-bond acceptors (Lipinski definition) is 2. The Morgan fingerprint density at radius 3 is 2.69 bits per heavy atom. The predicted molar refractivity (Wildman–Crippen MR) is 57.7 cm³/mol. The average Bonchev–Trinajstić information content (AvgIpc) is 2.09. The molecule has 1 aliphatic heterocycles.